The van der Waals surface area contributed by atoms with E-state index in [4.69, 9.17) is 14.4 Å². The number of carbonyl (C=O) groups is 1. The zero-order chi connectivity index (χ0) is 16.2. The van der Waals surface area contributed by atoms with Crippen LogP contribution in [0.15, 0.2) is 53.1 Å². The summed E-state index contributed by atoms with van der Waals surface area (Å²) < 4.78 is 10.5. The fourth-order valence-electron chi connectivity index (χ4n) is 2.14. The summed E-state index contributed by atoms with van der Waals surface area (Å²) in [6, 6.07) is 14.6. The summed E-state index contributed by atoms with van der Waals surface area (Å²) in [6.07, 6.45) is 0. The van der Waals surface area contributed by atoms with Gasteiger partial charge in [-0.05, 0) is 30.7 Å². The first-order chi connectivity index (χ1) is 11.1. The van der Waals surface area contributed by atoms with Crippen LogP contribution in [0, 0.1) is 6.92 Å². The van der Waals surface area contributed by atoms with Crippen molar-refractivity contribution in [1.29, 1.82) is 0 Å². The van der Waals surface area contributed by atoms with Crippen molar-refractivity contribution in [2.24, 2.45) is 0 Å². The van der Waals surface area contributed by atoms with E-state index < -0.39 is 12.6 Å². The van der Waals surface area contributed by atoms with Gasteiger partial charge in [0.15, 0.2) is 6.61 Å². The smallest absolute Gasteiger partial charge is 0.341 e. The Hall–Kier alpha value is -3.15. The first-order valence-electron chi connectivity index (χ1n) is 6.98. The molecule has 6 heteroatoms. The van der Waals surface area contributed by atoms with Gasteiger partial charge in [-0.1, -0.05) is 35.5 Å². The molecule has 1 aromatic heterocycles. The van der Waals surface area contributed by atoms with Crippen molar-refractivity contribution in [1.82, 2.24) is 10.1 Å². The van der Waals surface area contributed by atoms with Crippen molar-refractivity contribution >= 4 is 5.97 Å². The molecule has 0 radical (unpaired) electrons. The van der Waals surface area contributed by atoms with Crippen molar-refractivity contribution in [2.45, 2.75) is 6.92 Å². The lowest BCUT2D eigenvalue weighted by Crippen LogP contribution is -2.09. The highest BCUT2D eigenvalue weighted by atomic mass is 16.5. The Morgan fingerprint density at radius 3 is 2.83 bits per heavy atom. The molecule has 0 aliphatic heterocycles. The minimum absolute atomic E-state index is 0.351. The van der Waals surface area contributed by atoms with E-state index in [1.165, 1.54) is 0 Å². The monoisotopic (exact) mass is 310 g/mol. The largest absolute Gasteiger partial charge is 0.482 e. The number of rotatable bonds is 5. The lowest BCUT2D eigenvalue weighted by atomic mass is 10.1. The van der Waals surface area contributed by atoms with E-state index in [0.29, 0.717) is 23.0 Å². The molecule has 0 spiro atoms. The van der Waals surface area contributed by atoms with Crippen molar-refractivity contribution in [3.63, 3.8) is 0 Å². The Balaban J connectivity index is 1.87. The number of hydrogen-bond donors (Lipinski definition) is 1. The molecule has 0 aliphatic carbocycles. The Labute approximate surface area is 132 Å². The molecular formula is C17H14N2O4. The number of nitrogens with zero attached hydrogens (tertiary/aromatic N) is 2. The number of hydrogen-bond acceptors (Lipinski definition) is 5. The van der Waals surface area contributed by atoms with Crippen LogP contribution in [0.4, 0.5) is 0 Å². The van der Waals surface area contributed by atoms with Crippen LogP contribution in [-0.4, -0.2) is 27.8 Å². The van der Waals surface area contributed by atoms with E-state index in [2.05, 4.69) is 10.1 Å². The van der Waals surface area contributed by atoms with Crippen LogP contribution in [0.25, 0.3) is 22.8 Å². The van der Waals surface area contributed by atoms with E-state index >= 15 is 0 Å². The maximum absolute atomic E-state index is 10.6. The fourth-order valence-corrected chi connectivity index (χ4v) is 2.14. The number of benzene rings is 2. The van der Waals surface area contributed by atoms with Crippen LogP contribution in [0.2, 0.25) is 0 Å². The summed E-state index contributed by atoms with van der Waals surface area (Å²) in [7, 11) is 0. The molecule has 0 bridgehead atoms. The summed E-state index contributed by atoms with van der Waals surface area (Å²) in [4.78, 5) is 15.0. The lowest BCUT2D eigenvalue weighted by Gasteiger charge is -2.03. The van der Waals surface area contributed by atoms with Crippen LogP contribution in [0.5, 0.6) is 5.75 Å². The highest BCUT2D eigenvalue weighted by Gasteiger charge is 2.12. The van der Waals surface area contributed by atoms with E-state index in [0.717, 1.165) is 11.1 Å². The molecule has 0 saturated carbocycles. The molecule has 1 heterocycles. The van der Waals surface area contributed by atoms with Gasteiger partial charge in [0.05, 0.1) is 0 Å². The number of aromatic nitrogens is 2. The minimum atomic E-state index is -1.03. The second kappa shape index (κ2) is 6.31. The number of ether oxygens (including phenoxy) is 1. The molecule has 0 aliphatic rings. The molecule has 0 unspecified atom stereocenters. The molecule has 3 rings (SSSR count). The first kappa shape index (κ1) is 14.8. The van der Waals surface area contributed by atoms with Crippen LogP contribution < -0.4 is 4.74 Å². The molecule has 6 nitrogen and oxygen atoms in total. The average Bonchev–Trinajstić information content (AvgIpc) is 3.03. The Morgan fingerprint density at radius 2 is 2.04 bits per heavy atom. The highest BCUT2D eigenvalue weighted by molar-refractivity contribution is 5.68. The number of aliphatic carboxylic acids is 1. The molecule has 0 atom stereocenters. The number of carboxylic acid groups (broad SMARTS) is 1. The minimum Gasteiger partial charge on any atom is -0.482 e. The third-order valence-corrected chi connectivity index (χ3v) is 3.26. The molecule has 0 fully saturated rings. The van der Waals surface area contributed by atoms with Crippen molar-refractivity contribution in [3.8, 4) is 28.6 Å². The molecule has 23 heavy (non-hydrogen) atoms. The maximum Gasteiger partial charge on any atom is 0.341 e. The predicted molar refractivity (Wildman–Crippen MR) is 83.0 cm³/mol. The molecular weight excluding hydrogens is 296 g/mol. The van der Waals surface area contributed by atoms with Gasteiger partial charge in [-0.2, -0.15) is 4.98 Å². The van der Waals surface area contributed by atoms with E-state index in [9.17, 15) is 4.79 Å². The zero-order valence-corrected chi connectivity index (χ0v) is 12.4. The van der Waals surface area contributed by atoms with Gasteiger partial charge in [0, 0.05) is 11.1 Å². The van der Waals surface area contributed by atoms with Gasteiger partial charge in [0.2, 0.25) is 5.82 Å². The van der Waals surface area contributed by atoms with Crippen LogP contribution in [0.3, 0.4) is 0 Å². The van der Waals surface area contributed by atoms with Crippen molar-refractivity contribution in [3.05, 3.63) is 54.1 Å². The third kappa shape index (κ3) is 3.37. The van der Waals surface area contributed by atoms with Crippen LogP contribution in [-0.2, 0) is 4.79 Å². The van der Waals surface area contributed by atoms with Gasteiger partial charge >= 0.3 is 5.97 Å². The average molecular weight is 310 g/mol. The second-order valence-corrected chi connectivity index (χ2v) is 4.95. The first-order valence-corrected chi connectivity index (χ1v) is 6.98. The Morgan fingerprint density at radius 1 is 1.22 bits per heavy atom. The van der Waals surface area contributed by atoms with Gasteiger partial charge in [-0.3, -0.25) is 0 Å². The summed E-state index contributed by atoms with van der Waals surface area (Å²) in [6.45, 7) is 1.58. The zero-order valence-electron chi connectivity index (χ0n) is 12.4. The van der Waals surface area contributed by atoms with Gasteiger partial charge in [0.1, 0.15) is 5.75 Å². The summed E-state index contributed by atoms with van der Waals surface area (Å²) in [5.41, 5.74) is 2.62. The lowest BCUT2D eigenvalue weighted by molar-refractivity contribution is -0.139. The van der Waals surface area contributed by atoms with Gasteiger partial charge in [-0.15, -0.1) is 0 Å². The van der Waals surface area contributed by atoms with E-state index in [-0.39, 0.29) is 0 Å². The van der Waals surface area contributed by atoms with Crippen LogP contribution >= 0.6 is 0 Å². The quantitative estimate of drug-likeness (QED) is 0.779. The third-order valence-electron chi connectivity index (χ3n) is 3.26. The maximum atomic E-state index is 10.6. The predicted octanol–water partition coefficient (Wildman–Crippen LogP) is 3.18. The number of aryl methyl sites for hydroxylation is 1. The Bertz CT molecular complexity index is 842. The van der Waals surface area contributed by atoms with Gasteiger partial charge in [-0.25, -0.2) is 4.79 Å². The standard InChI is InChI=1S/C17H14N2O4/c1-11-5-2-3-8-14(11)16-18-17(23-19-16)12-6-4-7-13(9-12)22-10-15(20)21/h2-9H,10H2,1H3,(H,20,21). The van der Waals surface area contributed by atoms with E-state index in [1.54, 1.807) is 24.3 Å². The normalized spacial score (nSPS) is 10.5. The van der Waals surface area contributed by atoms with Crippen molar-refractivity contribution < 1.29 is 19.2 Å². The second-order valence-electron chi connectivity index (χ2n) is 4.95. The topological polar surface area (TPSA) is 85.5 Å². The number of carboxylic acids is 1. The van der Waals surface area contributed by atoms with Crippen molar-refractivity contribution in [2.75, 3.05) is 6.61 Å². The summed E-state index contributed by atoms with van der Waals surface area (Å²) in [5.74, 6) is 0.259. The molecule has 3 aromatic rings. The highest BCUT2D eigenvalue weighted by Crippen LogP contribution is 2.26. The summed E-state index contributed by atoms with van der Waals surface area (Å²) in [5, 5.41) is 12.7. The summed E-state index contributed by atoms with van der Waals surface area (Å²) >= 11 is 0. The van der Waals surface area contributed by atoms with Gasteiger partial charge in [0.25, 0.3) is 5.89 Å². The molecule has 0 amide bonds. The Kier molecular flexibility index (Phi) is 4.05. The SMILES string of the molecule is Cc1ccccc1-c1noc(-c2cccc(OCC(=O)O)c2)n1. The molecule has 1 N–H and O–H groups in total. The van der Waals surface area contributed by atoms with E-state index in [1.807, 2.05) is 31.2 Å². The fraction of sp³-hybridized carbons (Fsp3) is 0.118. The van der Waals surface area contributed by atoms with Crippen LogP contribution in [0.1, 0.15) is 5.56 Å². The molecule has 116 valence electrons. The molecule has 0 saturated heterocycles. The molecule has 2 aromatic carbocycles. The van der Waals surface area contributed by atoms with Gasteiger partial charge < -0.3 is 14.4 Å².